The number of carbonyl (C=O) groups is 5. The molecule has 0 bridgehead atoms. The third kappa shape index (κ3) is 13.6. The maximum absolute atomic E-state index is 13.4. The van der Waals surface area contributed by atoms with Gasteiger partial charge in [0.2, 0.25) is 23.6 Å². The lowest BCUT2D eigenvalue weighted by Crippen LogP contribution is -2.49. The normalized spacial score (nSPS) is 13.4. The minimum atomic E-state index is -1.27. The molecule has 0 unspecified atom stereocenters. The van der Waals surface area contributed by atoms with E-state index in [1.165, 1.54) is 0 Å². The Morgan fingerprint density at radius 3 is 2.08 bits per heavy atom. The molecule has 0 aliphatic carbocycles. The van der Waals surface area contributed by atoms with Crippen molar-refractivity contribution in [1.82, 2.24) is 10.6 Å². The van der Waals surface area contributed by atoms with Gasteiger partial charge in [-0.2, -0.15) is 0 Å². The molecule has 0 fully saturated rings. The molecule has 0 radical (unpaired) electrons. The molecule has 0 aliphatic heterocycles. The summed E-state index contributed by atoms with van der Waals surface area (Å²) >= 11 is 0. The summed E-state index contributed by atoms with van der Waals surface area (Å²) in [6.07, 6.45) is 3.22. The van der Waals surface area contributed by atoms with E-state index in [1.54, 1.807) is 0 Å². The van der Waals surface area contributed by atoms with Crippen LogP contribution in [0, 0.1) is 11.8 Å². The van der Waals surface area contributed by atoms with Crippen molar-refractivity contribution in [2.75, 3.05) is 6.54 Å². The molecule has 3 atom stereocenters. The summed E-state index contributed by atoms with van der Waals surface area (Å²) in [7, 11) is 0. The number of unbranched alkanes of at least 4 members (excludes halogenated alkanes) is 1. The first kappa shape index (κ1) is 31.8. The summed E-state index contributed by atoms with van der Waals surface area (Å²) in [5, 5.41) is 5.32. The van der Waals surface area contributed by atoms with Gasteiger partial charge in [-0.05, 0) is 43.7 Å². The van der Waals surface area contributed by atoms with E-state index in [1.807, 2.05) is 30.3 Å². The van der Waals surface area contributed by atoms with E-state index in [0.29, 0.717) is 44.6 Å². The zero-order valence-electron chi connectivity index (χ0n) is 22.0. The molecule has 0 heterocycles. The van der Waals surface area contributed by atoms with Crippen LogP contribution in [0.4, 0.5) is 0 Å². The van der Waals surface area contributed by atoms with Gasteiger partial charge in [-0.3, -0.25) is 24.0 Å². The molecule has 1 rings (SSSR count). The fourth-order valence-electron chi connectivity index (χ4n) is 3.99. The van der Waals surface area contributed by atoms with Crippen LogP contribution in [0.1, 0.15) is 70.8 Å². The van der Waals surface area contributed by atoms with Crippen LogP contribution in [0.5, 0.6) is 0 Å². The van der Waals surface area contributed by atoms with Crippen molar-refractivity contribution in [3.8, 4) is 0 Å². The maximum atomic E-state index is 13.4. The molecule has 0 aliphatic rings. The Morgan fingerprint density at radius 2 is 1.51 bits per heavy atom. The second kappa shape index (κ2) is 17.2. The molecule has 8 N–H and O–H groups in total. The minimum absolute atomic E-state index is 0.151. The van der Waals surface area contributed by atoms with Crippen molar-refractivity contribution in [2.24, 2.45) is 29.0 Å². The van der Waals surface area contributed by atoms with Crippen LogP contribution in [0.2, 0.25) is 0 Å². The standard InChI is InChI=1S/C27H43N5O5/c1-18(2)9-8-13-25(35)31-21(15-19-10-4-3-5-11-19)23(33)16-20(12-6-7-14-28)27(37)32-22(26(30)36)17-24(29)34/h3-5,10-11,18,20-22H,6-9,12-17,28H2,1-2H3,(H2,29,34)(H2,30,36)(H,31,35)(H,32,37)/t20-,21+,22+/m1/s1. The number of primary amides is 2. The van der Waals surface area contributed by atoms with Gasteiger partial charge in [-0.15, -0.1) is 0 Å². The Kier molecular flexibility index (Phi) is 14.8. The highest BCUT2D eigenvalue weighted by Crippen LogP contribution is 2.17. The highest BCUT2D eigenvalue weighted by molar-refractivity contribution is 5.95. The summed E-state index contributed by atoms with van der Waals surface area (Å²) in [4.78, 5) is 62.1. The lowest BCUT2D eigenvalue weighted by molar-refractivity contribution is -0.134. The minimum Gasteiger partial charge on any atom is -0.370 e. The molecule has 1 aromatic rings. The first-order valence-electron chi connectivity index (χ1n) is 13.0. The van der Waals surface area contributed by atoms with Gasteiger partial charge in [0.25, 0.3) is 0 Å². The Hall–Kier alpha value is -3.27. The molecule has 1 aromatic carbocycles. The predicted molar refractivity (Wildman–Crippen MR) is 142 cm³/mol. The quantitative estimate of drug-likeness (QED) is 0.171. The zero-order valence-corrected chi connectivity index (χ0v) is 22.0. The molecule has 0 saturated heterocycles. The maximum Gasteiger partial charge on any atom is 0.240 e. The number of rotatable bonds is 19. The largest absolute Gasteiger partial charge is 0.370 e. The Morgan fingerprint density at radius 1 is 0.838 bits per heavy atom. The Labute approximate surface area is 219 Å². The van der Waals surface area contributed by atoms with Crippen molar-refractivity contribution < 1.29 is 24.0 Å². The monoisotopic (exact) mass is 517 g/mol. The lowest BCUT2D eigenvalue weighted by Gasteiger charge is -2.23. The average Bonchev–Trinajstić information content (AvgIpc) is 2.82. The van der Waals surface area contributed by atoms with Gasteiger partial charge >= 0.3 is 0 Å². The van der Waals surface area contributed by atoms with Crippen LogP contribution in [0.15, 0.2) is 30.3 Å². The summed E-state index contributed by atoms with van der Waals surface area (Å²) < 4.78 is 0. The van der Waals surface area contributed by atoms with Gasteiger partial charge in [0.05, 0.1) is 12.5 Å². The summed E-state index contributed by atoms with van der Waals surface area (Å²) in [5.74, 6) is -3.07. The second-order valence-corrected chi connectivity index (χ2v) is 9.88. The van der Waals surface area contributed by atoms with Crippen LogP contribution < -0.4 is 27.8 Å². The fraction of sp³-hybridized carbons (Fsp3) is 0.593. The molecule has 10 heteroatoms. The van der Waals surface area contributed by atoms with E-state index >= 15 is 0 Å². The number of hydrogen-bond acceptors (Lipinski definition) is 6. The zero-order chi connectivity index (χ0) is 27.8. The van der Waals surface area contributed by atoms with E-state index in [4.69, 9.17) is 17.2 Å². The van der Waals surface area contributed by atoms with Gasteiger partial charge in [-0.1, -0.05) is 57.0 Å². The average molecular weight is 518 g/mol. The number of nitrogens with two attached hydrogens (primary N) is 3. The van der Waals surface area contributed by atoms with Crippen LogP contribution >= 0.6 is 0 Å². The topological polar surface area (TPSA) is 187 Å². The molecule has 0 aromatic heterocycles. The number of nitrogens with one attached hydrogen (secondary N) is 2. The van der Waals surface area contributed by atoms with Crippen molar-refractivity contribution in [3.63, 3.8) is 0 Å². The molecule has 0 spiro atoms. The fourth-order valence-corrected chi connectivity index (χ4v) is 3.99. The smallest absolute Gasteiger partial charge is 0.240 e. The van der Waals surface area contributed by atoms with E-state index in [-0.39, 0.29) is 24.5 Å². The summed E-state index contributed by atoms with van der Waals surface area (Å²) in [6, 6.07) is 7.24. The molecule has 4 amide bonds. The van der Waals surface area contributed by atoms with E-state index < -0.39 is 42.1 Å². The predicted octanol–water partition coefficient (Wildman–Crippen LogP) is 1.09. The van der Waals surface area contributed by atoms with Gasteiger partial charge in [0.15, 0.2) is 5.78 Å². The summed E-state index contributed by atoms with van der Waals surface area (Å²) in [6.45, 7) is 4.60. The first-order chi connectivity index (χ1) is 17.5. The second-order valence-electron chi connectivity index (χ2n) is 9.88. The number of ketones is 1. The van der Waals surface area contributed by atoms with Crippen LogP contribution in [0.3, 0.4) is 0 Å². The first-order valence-corrected chi connectivity index (χ1v) is 13.0. The third-order valence-corrected chi connectivity index (χ3v) is 6.08. The molecule has 206 valence electrons. The highest BCUT2D eigenvalue weighted by atomic mass is 16.2. The van der Waals surface area contributed by atoms with Crippen LogP contribution in [0.25, 0.3) is 0 Å². The Balaban J connectivity index is 3.03. The van der Waals surface area contributed by atoms with E-state index in [9.17, 15) is 24.0 Å². The molecule has 0 saturated carbocycles. The number of carbonyl (C=O) groups excluding carboxylic acids is 5. The number of benzene rings is 1. The molecular formula is C27H43N5O5. The van der Waals surface area contributed by atoms with Gasteiger partial charge in [-0.25, -0.2) is 0 Å². The lowest BCUT2D eigenvalue weighted by atomic mass is 9.90. The number of amides is 4. The molecule has 37 heavy (non-hydrogen) atoms. The van der Waals surface area contributed by atoms with Crippen molar-refractivity contribution >= 4 is 29.4 Å². The highest BCUT2D eigenvalue weighted by Gasteiger charge is 2.30. The van der Waals surface area contributed by atoms with Gasteiger partial charge < -0.3 is 27.8 Å². The van der Waals surface area contributed by atoms with Gasteiger partial charge in [0, 0.05) is 18.8 Å². The van der Waals surface area contributed by atoms with Crippen molar-refractivity contribution in [2.45, 2.75) is 83.7 Å². The van der Waals surface area contributed by atoms with Crippen molar-refractivity contribution in [1.29, 1.82) is 0 Å². The van der Waals surface area contributed by atoms with Crippen LogP contribution in [-0.4, -0.2) is 48.0 Å². The SMILES string of the molecule is CC(C)CCCC(=O)N[C@@H](Cc1ccccc1)C(=O)C[C@@H](CCCCN)C(=O)N[C@@H](CC(N)=O)C(N)=O. The van der Waals surface area contributed by atoms with E-state index in [2.05, 4.69) is 24.5 Å². The third-order valence-electron chi connectivity index (χ3n) is 6.08. The van der Waals surface area contributed by atoms with Crippen molar-refractivity contribution in [3.05, 3.63) is 35.9 Å². The summed E-state index contributed by atoms with van der Waals surface area (Å²) in [5.41, 5.74) is 16.9. The number of Topliss-reactive ketones (excluding diaryl/α,β-unsaturated/α-hetero) is 1. The van der Waals surface area contributed by atoms with Crippen LogP contribution in [-0.2, 0) is 30.4 Å². The number of hydrogen-bond donors (Lipinski definition) is 5. The Bertz CT molecular complexity index is 890. The molecular weight excluding hydrogens is 474 g/mol. The van der Waals surface area contributed by atoms with Gasteiger partial charge in [0.1, 0.15) is 6.04 Å². The van der Waals surface area contributed by atoms with E-state index in [0.717, 1.165) is 12.0 Å². The molecule has 10 nitrogen and oxygen atoms in total.